The summed E-state index contributed by atoms with van der Waals surface area (Å²) >= 11 is 0. The summed E-state index contributed by atoms with van der Waals surface area (Å²) in [5.41, 5.74) is 1.87. The summed E-state index contributed by atoms with van der Waals surface area (Å²) in [5.74, 6) is 1.18. The fraction of sp³-hybridized carbons (Fsp3) is 0.240. The lowest BCUT2D eigenvalue weighted by atomic mass is 10.2. The van der Waals surface area contributed by atoms with E-state index in [2.05, 4.69) is 20.4 Å². The molecule has 0 saturated carbocycles. The number of rotatable bonds is 8. The molecular weight excluding hydrogens is 448 g/mol. The van der Waals surface area contributed by atoms with Crippen LogP contribution in [0.2, 0.25) is 0 Å². The first-order chi connectivity index (χ1) is 17.1. The Kier molecular flexibility index (Phi) is 6.01. The molecule has 0 aliphatic heterocycles. The second-order valence-corrected chi connectivity index (χ2v) is 7.91. The van der Waals surface area contributed by atoms with Gasteiger partial charge in [0.05, 0.1) is 24.1 Å². The van der Waals surface area contributed by atoms with E-state index in [4.69, 9.17) is 9.26 Å². The molecule has 1 N–H and O–H groups in total. The molecule has 2 aromatic carbocycles. The molecule has 5 rings (SSSR count). The minimum absolute atomic E-state index is 0.0774. The van der Waals surface area contributed by atoms with Gasteiger partial charge in [-0.15, -0.1) is 0 Å². The predicted molar refractivity (Wildman–Crippen MR) is 131 cm³/mol. The van der Waals surface area contributed by atoms with Gasteiger partial charge in [0.15, 0.2) is 5.82 Å². The molecule has 10 nitrogen and oxygen atoms in total. The molecule has 178 valence electrons. The maximum Gasteiger partial charge on any atom is 0.278 e. The summed E-state index contributed by atoms with van der Waals surface area (Å²) in [7, 11) is 0. The van der Waals surface area contributed by atoms with Crippen LogP contribution in [0.3, 0.4) is 0 Å². The van der Waals surface area contributed by atoms with Crippen molar-refractivity contribution in [2.45, 2.75) is 33.4 Å². The summed E-state index contributed by atoms with van der Waals surface area (Å²) in [6.07, 6.45) is 2.10. The van der Waals surface area contributed by atoms with Crippen LogP contribution in [0.15, 0.2) is 64.2 Å². The maximum absolute atomic E-state index is 13.5. The number of amides is 1. The van der Waals surface area contributed by atoms with Gasteiger partial charge in [-0.3, -0.25) is 14.2 Å². The van der Waals surface area contributed by atoms with Crippen LogP contribution in [0.5, 0.6) is 5.75 Å². The number of hydrogen-bond acceptors (Lipinski definition) is 7. The topological polar surface area (TPSA) is 117 Å². The number of aryl methyl sites for hydroxylation is 1. The monoisotopic (exact) mass is 472 g/mol. The maximum atomic E-state index is 13.5. The van der Waals surface area contributed by atoms with Crippen molar-refractivity contribution in [1.82, 2.24) is 24.3 Å². The Morgan fingerprint density at radius 3 is 2.71 bits per heavy atom. The number of hydrogen-bond donors (Lipinski definition) is 1. The Morgan fingerprint density at radius 1 is 1.11 bits per heavy atom. The minimum Gasteiger partial charge on any atom is -0.492 e. The van der Waals surface area contributed by atoms with E-state index in [1.165, 1.54) is 10.9 Å². The largest absolute Gasteiger partial charge is 0.492 e. The van der Waals surface area contributed by atoms with E-state index in [-0.39, 0.29) is 24.6 Å². The highest BCUT2D eigenvalue weighted by atomic mass is 16.5. The van der Waals surface area contributed by atoms with Crippen molar-refractivity contribution in [2.24, 2.45) is 0 Å². The van der Waals surface area contributed by atoms with Crippen molar-refractivity contribution in [3.63, 3.8) is 0 Å². The van der Waals surface area contributed by atoms with Gasteiger partial charge in [-0.25, -0.2) is 4.98 Å². The third-order valence-electron chi connectivity index (χ3n) is 5.63. The lowest BCUT2D eigenvalue weighted by molar-refractivity contribution is -0.116. The molecule has 0 aliphatic rings. The van der Waals surface area contributed by atoms with Crippen LogP contribution in [0.4, 0.5) is 5.69 Å². The Bertz CT molecular complexity index is 1580. The molecule has 3 aromatic heterocycles. The van der Waals surface area contributed by atoms with Crippen molar-refractivity contribution in [3.05, 3.63) is 76.9 Å². The second kappa shape index (κ2) is 9.41. The van der Waals surface area contributed by atoms with Gasteiger partial charge in [0.25, 0.3) is 5.56 Å². The standard InChI is InChI=1S/C25H24N6O4/c1-3-20-28-22(35-29-20)14-30-15-26-23-16-9-5-7-11-18(16)31(24(23)25(30)33)13-21(32)27-17-10-6-8-12-19(17)34-4-2/h5-12,15H,3-4,13-14H2,1-2H3,(H,27,32). The van der Waals surface area contributed by atoms with Gasteiger partial charge < -0.3 is 19.1 Å². The zero-order valence-corrected chi connectivity index (χ0v) is 19.4. The van der Waals surface area contributed by atoms with E-state index >= 15 is 0 Å². The molecule has 0 spiro atoms. The lowest BCUT2D eigenvalue weighted by Crippen LogP contribution is -2.25. The Labute approximate surface area is 200 Å². The molecule has 35 heavy (non-hydrogen) atoms. The third-order valence-corrected chi connectivity index (χ3v) is 5.63. The summed E-state index contributed by atoms with van der Waals surface area (Å²) in [5, 5.41) is 7.58. The summed E-state index contributed by atoms with van der Waals surface area (Å²) in [6.45, 7) is 4.29. The molecule has 10 heteroatoms. The third kappa shape index (κ3) is 4.25. The predicted octanol–water partition coefficient (Wildman–Crippen LogP) is 3.38. The molecule has 0 radical (unpaired) electrons. The number of nitrogens with one attached hydrogen (secondary N) is 1. The normalized spacial score (nSPS) is 11.3. The molecule has 0 bridgehead atoms. The van der Waals surface area contributed by atoms with Crippen LogP contribution in [0.25, 0.3) is 21.9 Å². The van der Waals surface area contributed by atoms with Gasteiger partial charge >= 0.3 is 0 Å². The Balaban J connectivity index is 1.54. The van der Waals surface area contributed by atoms with Crippen molar-refractivity contribution in [3.8, 4) is 5.75 Å². The molecule has 5 aromatic rings. The quantitative estimate of drug-likeness (QED) is 0.368. The summed E-state index contributed by atoms with van der Waals surface area (Å²) < 4.78 is 14.0. The number of fused-ring (bicyclic) bond motifs is 3. The summed E-state index contributed by atoms with van der Waals surface area (Å²) in [4.78, 5) is 35.5. The van der Waals surface area contributed by atoms with Gasteiger partial charge in [-0.2, -0.15) is 4.98 Å². The number of carbonyl (C=O) groups excluding carboxylic acids is 1. The van der Waals surface area contributed by atoms with Gasteiger partial charge in [0, 0.05) is 11.8 Å². The number of anilines is 1. The number of carbonyl (C=O) groups is 1. The highest BCUT2D eigenvalue weighted by Gasteiger charge is 2.19. The number of para-hydroxylation sites is 3. The van der Waals surface area contributed by atoms with Crippen LogP contribution >= 0.6 is 0 Å². The van der Waals surface area contributed by atoms with Crippen molar-refractivity contribution < 1.29 is 14.1 Å². The van der Waals surface area contributed by atoms with E-state index in [0.717, 1.165) is 10.9 Å². The van der Waals surface area contributed by atoms with Gasteiger partial charge in [-0.05, 0) is 25.1 Å². The van der Waals surface area contributed by atoms with Gasteiger partial charge in [0.1, 0.15) is 29.9 Å². The fourth-order valence-electron chi connectivity index (χ4n) is 4.05. The van der Waals surface area contributed by atoms with Crippen LogP contribution in [-0.4, -0.2) is 36.8 Å². The van der Waals surface area contributed by atoms with E-state index in [1.54, 1.807) is 16.7 Å². The molecule has 3 heterocycles. The average molecular weight is 473 g/mol. The van der Waals surface area contributed by atoms with E-state index in [1.807, 2.05) is 50.2 Å². The average Bonchev–Trinajstić information content (AvgIpc) is 3.45. The molecule has 0 aliphatic carbocycles. The highest BCUT2D eigenvalue weighted by Crippen LogP contribution is 2.27. The zero-order valence-electron chi connectivity index (χ0n) is 19.4. The van der Waals surface area contributed by atoms with Crippen molar-refractivity contribution >= 4 is 33.5 Å². The van der Waals surface area contributed by atoms with Crippen LogP contribution in [0, 0.1) is 0 Å². The summed E-state index contributed by atoms with van der Waals surface area (Å²) in [6, 6.07) is 14.7. The van der Waals surface area contributed by atoms with Crippen LogP contribution in [-0.2, 0) is 24.3 Å². The minimum atomic E-state index is -0.301. The molecular formula is C25H24N6O4. The lowest BCUT2D eigenvalue weighted by Gasteiger charge is -2.12. The van der Waals surface area contributed by atoms with Crippen LogP contribution < -0.4 is 15.6 Å². The molecule has 0 unspecified atom stereocenters. The number of benzene rings is 2. The van der Waals surface area contributed by atoms with E-state index in [9.17, 15) is 9.59 Å². The van der Waals surface area contributed by atoms with E-state index in [0.29, 0.717) is 47.2 Å². The fourth-order valence-corrected chi connectivity index (χ4v) is 4.05. The Hall–Kier alpha value is -4.47. The zero-order chi connectivity index (χ0) is 24.4. The molecule has 0 saturated heterocycles. The SMILES string of the molecule is CCOc1ccccc1NC(=O)Cn1c2ccccc2c2ncn(Cc3nc(CC)no3)c(=O)c21. The Morgan fingerprint density at radius 2 is 1.91 bits per heavy atom. The highest BCUT2D eigenvalue weighted by molar-refractivity contribution is 6.06. The molecule has 1 amide bonds. The van der Waals surface area contributed by atoms with Crippen LogP contribution in [0.1, 0.15) is 25.6 Å². The van der Waals surface area contributed by atoms with E-state index < -0.39 is 0 Å². The molecule has 0 fully saturated rings. The smallest absolute Gasteiger partial charge is 0.278 e. The van der Waals surface area contributed by atoms with Crippen molar-refractivity contribution in [1.29, 1.82) is 0 Å². The first-order valence-corrected chi connectivity index (χ1v) is 11.4. The number of aromatic nitrogens is 5. The molecule has 0 atom stereocenters. The number of ether oxygens (including phenoxy) is 1. The number of nitrogens with zero attached hydrogens (tertiary/aromatic N) is 5. The van der Waals surface area contributed by atoms with Gasteiger partial charge in [-0.1, -0.05) is 42.4 Å². The van der Waals surface area contributed by atoms with Gasteiger partial charge in [0.2, 0.25) is 11.8 Å². The van der Waals surface area contributed by atoms with Crippen molar-refractivity contribution in [2.75, 3.05) is 11.9 Å². The first kappa shape index (κ1) is 22.3. The first-order valence-electron chi connectivity index (χ1n) is 11.4. The second-order valence-electron chi connectivity index (χ2n) is 7.91.